The van der Waals surface area contributed by atoms with E-state index in [0.717, 1.165) is 10.3 Å². The van der Waals surface area contributed by atoms with Gasteiger partial charge in [0, 0.05) is 33.3 Å². The number of aromatic nitrogens is 2. The van der Waals surface area contributed by atoms with Gasteiger partial charge >= 0.3 is 11.9 Å². The second kappa shape index (κ2) is 9.66. The number of ether oxygens (including phenoxy) is 3. The number of hydrogen-bond acceptors (Lipinski definition) is 7. The van der Waals surface area contributed by atoms with Crippen molar-refractivity contribution in [1.82, 2.24) is 4.57 Å². The standard InChI is InChI=1S/C27H30N2O7/c1-16-17(2)29(33)24(28(16)14-18-9-7-6-8-10-18)22(19-11-12-21(34-5)20(13-19)15-30)23-25(31)35-27(3,4)36-26(23)32/h6-13,22-23,30H,14-15H2,1-5H3. The number of benzene rings is 2. The van der Waals surface area contributed by atoms with Gasteiger partial charge in [0.25, 0.3) is 11.6 Å². The van der Waals surface area contributed by atoms with E-state index >= 15 is 0 Å². The van der Waals surface area contributed by atoms with E-state index < -0.39 is 29.6 Å². The molecule has 190 valence electrons. The van der Waals surface area contributed by atoms with Gasteiger partial charge in [0.1, 0.15) is 29.6 Å². The molecule has 1 atom stereocenters. The minimum Gasteiger partial charge on any atom is -0.711 e. The van der Waals surface area contributed by atoms with Gasteiger partial charge in [0.05, 0.1) is 13.7 Å². The average Bonchev–Trinajstić information content (AvgIpc) is 3.04. The molecule has 2 heterocycles. The molecule has 1 unspecified atom stereocenters. The van der Waals surface area contributed by atoms with E-state index in [1.807, 2.05) is 41.8 Å². The van der Waals surface area contributed by atoms with Crippen molar-refractivity contribution in [3.8, 4) is 5.75 Å². The first-order valence-corrected chi connectivity index (χ1v) is 11.6. The molecule has 36 heavy (non-hydrogen) atoms. The number of cyclic esters (lactones) is 2. The normalized spacial score (nSPS) is 16.4. The fourth-order valence-corrected chi connectivity index (χ4v) is 4.66. The number of hydrogen-bond donors (Lipinski definition) is 1. The van der Waals surface area contributed by atoms with Crippen molar-refractivity contribution in [2.75, 3.05) is 7.11 Å². The molecule has 0 aliphatic carbocycles. The van der Waals surface area contributed by atoms with Crippen LogP contribution in [0.15, 0.2) is 48.5 Å². The van der Waals surface area contributed by atoms with E-state index in [-0.39, 0.29) is 12.4 Å². The molecule has 0 saturated carbocycles. The molecule has 1 N–H and O–H groups in total. The number of aliphatic hydroxyl groups excluding tert-OH is 1. The number of carbonyl (C=O) groups excluding carboxylic acids is 2. The topological polar surface area (TPSA) is 114 Å². The Morgan fingerprint density at radius 1 is 1.11 bits per heavy atom. The molecule has 0 amide bonds. The zero-order valence-corrected chi connectivity index (χ0v) is 21.0. The van der Waals surface area contributed by atoms with Crippen LogP contribution in [0.5, 0.6) is 5.75 Å². The summed E-state index contributed by atoms with van der Waals surface area (Å²) in [6.07, 6.45) is 0. The van der Waals surface area contributed by atoms with Crippen LogP contribution in [0, 0.1) is 25.0 Å². The summed E-state index contributed by atoms with van der Waals surface area (Å²) in [4.78, 5) is 26.5. The summed E-state index contributed by atoms with van der Waals surface area (Å²) in [5, 5.41) is 23.5. The number of aliphatic hydroxyl groups is 1. The molecule has 1 aliphatic rings. The lowest BCUT2D eigenvalue weighted by Gasteiger charge is -2.35. The molecule has 1 saturated heterocycles. The Labute approximate surface area is 209 Å². The van der Waals surface area contributed by atoms with Crippen LogP contribution in [-0.4, -0.2) is 34.5 Å². The molecule has 3 aromatic rings. The molecule has 2 aromatic carbocycles. The van der Waals surface area contributed by atoms with Gasteiger partial charge in [-0.05, 0) is 23.3 Å². The van der Waals surface area contributed by atoms with E-state index in [1.165, 1.54) is 21.0 Å². The second-order valence-electron chi connectivity index (χ2n) is 9.32. The van der Waals surface area contributed by atoms with Crippen LogP contribution in [0.3, 0.4) is 0 Å². The van der Waals surface area contributed by atoms with Gasteiger partial charge in [-0.2, -0.15) is 0 Å². The third-order valence-corrected chi connectivity index (χ3v) is 6.55. The summed E-state index contributed by atoms with van der Waals surface area (Å²) >= 11 is 0. The van der Waals surface area contributed by atoms with E-state index in [4.69, 9.17) is 14.2 Å². The molecular formula is C27H30N2O7. The van der Waals surface area contributed by atoms with Crippen molar-refractivity contribution in [2.45, 2.75) is 52.6 Å². The van der Waals surface area contributed by atoms with Gasteiger partial charge in [-0.15, -0.1) is 0 Å². The fourth-order valence-electron chi connectivity index (χ4n) is 4.66. The van der Waals surface area contributed by atoms with Crippen molar-refractivity contribution in [2.24, 2.45) is 5.92 Å². The molecule has 0 bridgehead atoms. The summed E-state index contributed by atoms with van der Waals surface area (Å²) in [6, 6.07) is 14.5. The second-order valence-corrected chi connectivity index (χ2v) is 9.32. The van der Waals surface area contributed by atoms with Gasteiger partial charge in [-0.3, -0.25) is 9.59 Å². The maximum atomic E-state index is 13.6. The van der Waals surface area contributed by atoms with Crippen molar-refractivity contribution >= 4 is 11.9 Å². The van der Waals surface area contributed by atoms with Crippen molar-refractivity contribution < 1.29 is 33.6 Å². The maximum absolute atomic E-state index is 13.6. The van der Waals surface area contributed by atoms with E-state index in [9.17, 15) is 19.9 Å². The number of methoxy groups -OCH3 is 1. The summed E-state index contributed by atoms with van der Waals surface area (Å²) in [7, 11) is 1.48. The van der Waals surface area contributed by atoms with Gasteiger partial charge in [-0.1, -0.05) is 36.4 Å². The summed E-state index contributed by atoms with van der Waals surface area (Å²) in [5.74, 6) is -4.84. The smallest absolute Gasteiger partial charge is 0.324 e. The van der Waals surface area contributed by atoms with Crippen LogP contribution in [-0.2, 0) is 32.2 Å². The van der Waals surface area contributed by atoms with E-state index in [2.05, 4.69) is 0 Å². The molecule has 9 heteroatoms. The first kappa shape index (κ1) is 25.2. The van der Waals surface area contributed by atoms with Crippen LogP contribution in [0.1, 0.15) is 53.7 Å². The molecule has 1 fully saturated rings. The number of carbonyl (C=O) groups is 2. The van der Waals surface area contributed by atoms with Crippen LogP contribution in [0.2, 0.25) is 0 Å². The number of imidazole rings is 1. The first-order chi connectivity index (χ1) is 17.1. The molecular weight excluding hydrogens is 464 g/mol. The molecule has 4 rings (SSSR count). The molecule has 1 aliphatic heterocycles. The molecule has 9 nitrogen and oxygen atoms in total. The van der Waals surface area contributed by atoms with Gasteiger partial charge in [0.2, 0.25) is 0 Å². The molecule has 0 spiro atoms. The number of nitrogens with zero attached hydrogens (tertiary/aromatic N) is 2. The number of rotatable bonds is 7. The predicted molar refractivity (Wildman–Crippen MR) is 129 cm³/mol. The largest absolute Gasteiger partial charge is 0.711 e. The fraction of sp³-hybridized carbons (Fsp3) is 0.370. The highest BCUT2D eigenvalue weighted by atomic mass is 16.7. The van der Waals surface area contributed by atoms with Crippen molar-refractivity contribution in [3.63, 3.8) is 0 Å². The van der Waals surface area contributed by atoms with Crippen LogP contribution in [0.25, 0.3) is 0 Å². The Bertz CT molecular complexity index is 1280. The highest BCUT2D eigenvalue weighted by Crippen LogP contribution is 2.39. The zero-order valence-electron chi connectivity index (χ0n) is 21.0. The van der Waals surface area contributed by atoms with Crippen LogP contribution < -0.4 is 9.47 Å². The highest BCUT2D eigenvalue weighted by molar-refractivity contribution is 5.98. The Kier molecular flexibility index (Phi) is 6.77. The average molecular weight is 495 g/mol. The summed E-state index contributed by atoms with van der Waals surface area (Å²) in [6.45, 7) is 6.48. The Balaban J connectivity index is 1.96. The van der Waals surface area contributed by atoms with E-state index in [1.54, 1.807) is 25.1 Å². The van der Waals surface area contributed by atoms with Gasteiger partial charge in [0.15, 0.2) is 5.92 Å². The minimum atomic E-state index is -1.43. The first-order valence-electron chi connectivity index (χ1n) is 11.6. The molecule has 0 radical (unpaired) electrons. The van der Waals surface area contributed by atoms with Gasteiger partial charge < -0.3 is 24.5 Å². The van der Waals surface area contributed by atoms with Crippen LogP contribution >= 0.6 is 0 Å². The third-order valence-electron chi connectivity index (χ3n) is 6.55. The zero-order chi connectivity index (χ0) is 26.2. The molecule has 1 aromatic heterocycles. The Morgan fingerprint density at radius 3 is 2.33 bits per heavy atom. The van der Waals surface area contributed by atoms with Crippen LogP contribution in [0.4, 0.5) is 0 Å². The quantitative estimate of drug-likeness (QED) is 0.233. The van der Waals surface area contributed by atoms with Crippen molar-refractivity contribution in [1.29, 1.82) is 0 Å². The maximum Gasteiger partial charge on any atom is 0.324 e. The highest BCUT2D eigenvalue weighted by Gasteiger charge is 2.52. The summed E-state index contributed by atoms with van der Waals surface area (Å²) < 4.78 is 18.8. The lowest BCUT2D eigenvalue weighted by molar-refractivity contribution is -0.621. The SMILES string of the molecule is COc1ccc(C(c2n(Cc3ccccc3)c(C)c(C)[n+]2[O-])C2C(=O)OC(C)(C)OC2=O)cc1CO. The minimum absolute atomic E-state index is 0.196. The lowest BCUT2D eigenvalue weighted by atomic mass is 9.83. The monoisotopic (exact) mass is 494 g/mol. The Morgan fingerprint density at radius 2 is 1.75 bits per heavy atom. The predicted octanol–water partition coefficient (Wildman–Crippen LogP) is 2.87. The van der Waals surface area contributed by atoms with Crippen molar-refractivity contribution in [3.05, 3.63) is 87.6 Å². The van der Waals surface area contributed by atoms with Gasteiger partial charge in [-0.25, -0.2) is 9.30 Å². The number of esters is 2. The van der Waals surface area contributed by atoms with E-state index in [0.29, 0.717) is 34.8 Å². The lowest BCUT2D eigenvalue weighted by Crippen LogP contribution is -2.50. The third kappa shape index (κ3) is 4.54. The Hall–Kier alpha value is -3.85. The summed E-state index contributed by atoms with van der Waals surface area (Å²) in [5.41, 5.74) is 3.00.